The van der Waals surface area contributed by atoms with Crippen molar-refractivity contribution in [3.05, 3.63) is 21.9 Å². The summed E-state index contributed by atoms with van der Waals surface area (Å²) in [5, 5.41) is 13.7. The van der Waals surface area contributed by atoms with Crippen LogP contribution < -0.4 is 4.90 Å². The first kappa shape index (κ1) is 12.7. The van der Waals surface area contributed by atoms with E-state index in [4.69, 9.17) is 11.6 Å². The van der Waals surface area contributed by atoms with E-state index in [9.17, 15) is 9.90 Å². The fourth-order valence-electron chi connectivity index (χ4n) is 1.91. The summed E-state index contributed by atoms with van der Waals surface area (Å²) in [6.07, 6.45) is 2.68. The molecule has 0 aromatic carbocycles. The van der Waals surface area contributed by atoms with Gasteiger partial charge in [0.25, 0.3) is 0 Å². The lowest BCUT2D eigenvalue weighted by atomic mass is 10.3. The lowest BCUT2D eigenvalue weighted by Gasteiger charge is -2.19. The van der Waals surface area contributed by atoms with Gasteiger partial charge in [-0.1, -0.05) is 11.6 Å². The Hall–Kier alpha value is -1.34. The second kappa shape index (κ2) is 4.64. The Morgan fingerprint density at radius 3 is 3.00 bits per heavy atom. The molecular weight excluding hydrogens is 336 g/mol. The van der Waals surface area contributed by atoms with Crippen LogP contribution >= 0.6 is 27.5 Å². The molecule has 0 radical (unpaired) electrons. The second-order valence-corrected chi connectivity index (χ2v) is 5.74. The molecule has 0 aliphatic heterocycles. The highest BCUT2D eigenvalue weighted by molar-refractivity contribution is 9.10. The van der Waals surface area contributed by atoms with Crippen LogP contribution in [0.4, 0.5) is 10.6 Å². The quantitative estimate of drug-likeness (QED) is 0.868. The van der Waals surface area contributed by atoms with Crippen LogP contribution in [-0.2, 0) is 0 Å². The Morgan fingerprint density at radius 2 is 2.37 bits per heavy atom. The maximum absolute atomic E-state index is 11.4. The van der Waals surface area contributed by atoms with Crippen molar-refractivity contribution in [3.8, 4) is 0 Å². The summed E-state index contributed by atoms with van der Waals surface area (Å²) in [7, 11) is 0. The smallest absolute Gasteiger partial charge is 0.413 e. The Kier molecular flexibility index (Phi) is 3.10. The highest BCUT2D eigenvalue weighted by Gasteiger charge is 2.29. The van der Waals surface area contributed by atoms with E-state index >= 15 is 0 Å². The van der Waals surface area contributed by atoms with Gasteiger partial charge in [0.2, 0.25) is 0 Å². The zero-order valence-electron chi connectivity index (χ0n) is 9.75. The summed E-state index contributed by atoms with van der Waals surface area (Å²) < 4.78 is 2.15. The Labute approximate surface area is 122 Å². The first-order valence-electron chi connectivity index (χ1n) is 5.76. The van der Waals surface area contributed by atoms with Gasteiger partial charge in [-0.3, -0.25) is 4.90 Å². The summed E-state index contributed by atoms with van der Waals surface area (Å²) in [6.45, 7) is 0.461. The fraction of sp³-hybridized carbons (Fsp3) is 0.364. The summed E-state index contributed by atoms with van der Waals surface area (Å²) >= 11 is 9.28. The second-order valence-electron chi connectivity index (χ2n) is 4.50. The number of hydrogen-bond donors (Lipinski definition) is 1. The van der Waals surface area contributed by atoms with Gasteiger partial charge in [-0.2, -0.15) is 9.61 Å². The molecule has 2 heterocycles. The summed E-state index contributed by atoms with van der Waals surface area (Å²) in [5.41, 5.74) is 0.504. The monoisotopic (exact) mass is 344 g/mol. The predicted octanol–water partition coefficient (Wildman–Crippen LogP) is 3.04. The molecular formula is C11H10BrClN4O2. The van der Waals surface area contributed by atoms with Crippen LogP contribution in [0, 0.1) is 5.92 Å². The maximum atomic E-state index is 11.4. The summed E-state index contributed by atoms with van der Waals surface area (Å²) in [5.74, 6) is 0.845. The normalized spacial score (nSPS) is 14.8. The van der Waals surface area contributed by atoms with Gasteiger partial charge >= 0.3 is 6.09 Å². The summed E-state index contributed by atoms with van der Waals surface area (Å²) in [4.78, 5) is 16.8. The van der Waals surface area contributed by atoms with Crippen molar-refractivity contribution in [2.75, 3.05) is 11.4 Å². The SMILES string of the molecule is O=C(O)N(CC1CC1)c1cc(Cl)nc2c(Br)cnn12. The topological polar surface area (TPSA) is 70.7 Å². The lowest BCUT2D eigenvalue weighted by Crippen LogP contribution is -2.33. The number of carbonyl (C=O) groups is 1. The van der Waals surface area contributed by atoms with Crippen molar-refractivity contribution < 1.29 is 9.90 Å². The zero-order valence-corrected chi connectivity index (χ0v) is 12.1. The fourth-order valence-corrected chi connectivity index (χ4v) is 2.44. The molecule has 1 aliphatic carbocycles. The van der Waals surface area contributed by atoms with Crippen molar-refractivity contribution in [1.82, 2.24) is 14.6 Å². The van der Waals surface area contributed by atoms with Crippen molar-refractivity contribution in [1.29, 1.82) is 0 Å². The molecule has 6 nitrogen and oxygen atoms in total. The van der Waals surface area contributed by atoms with Gasteiger partial charge < -0.3 is 5.11 Å². The third-order valence-corrected chi connectivity index (χ3v) is 3.78. The Morgan fingerprint density at radius 1 is 1.63 bits per heavy atom. The average molecular weight is 346 g/mol. The molecule has 0 unspecified atom stereocenters. The molecule has 100 valence electrons. The first-order valence-corrected chi connectivity index (χ1v) is 6.93. The molecule has 0 spiro atoms. The molecule has 1 saturated carbocycles. The number of aromatic nitrogens is 3. The van der Waals surface area contributed by atoms with Gasteiger partial charge in [-0.25, -0.2) is 9.78 Å². The van der Waals surface area contributed by atoms with Crippen molar-refractivity contribution >= 4 is 45.1 Å². The third kappa shape index (κ3) is 2.40. The number of halogens is 2. The van der Waals surface area contributed by atoms with Crippen LogP contribution in [0.1, 0.15) is 12.8 Å². The standard InChI is InChI=1S/C11H10BrClN4O2/c12-7-4-14-17-9(3-8(13)15-10(7)17)16(11(18)19)5-6-1-2-6/h3-4,6H,1-2,5H2,(H,18,19). The molecule has 2 aromatic heterocycles. The van der Waals surface area contributed by atoms with E-state index in [1.807, 2.05) is 0 Å². The number of fused-ring (bicyclic) bond motifs is 1. The van der Waals surface area contributed by atoms with Crippen LogP contribution in [0.25, 0.3) is 5.65 Å². The molecule has 0 bridgehead atoms. The molecule has 2 aromatic rings. The molecule has 0 saturated heterocycles. The van der Waals surface area contributed by atoms with E-state index in [1.165, 1.54) is 15.5 Å². The highest BCUT2D eigenvalue weighted by atomic mass is 79.9. The van der Waals surface area contributed by atoms with Crippen LogP contribution in [0.15, 0.2) is 16.7 Å². The zero-order chi connectivity index (χ0) is 13.6. The highest BCUT2D eigenvalue weighted by Crippen LogP contribution is 2.32. The number of carboxylic acid groups (broad SMARTS) is 1. The van der Waals surface area contributed by atoms with Crippen molar-refractivity contribution in [2.24, 2.45) is 5.92 Å². The van der Waals surface area contributed by atoms with Gasteiger partial charge in [0, 0.05) is 12.6 Å². The van der Waals surface area contributed by atoms with Crippen LogP contribution in [-0.4, -0.2) is 32.3 Å². The van der Waals surface area contributed by atoms with E-state index in [0.29, 0.717) is 28.4 Å². The molecule has 1 aliphatic rings. The van der Waals surface area contributed by atoms with E-state index in [-0.39, 0.29) is 5.15 Å². The number of hydrogen-bond acceptors (Lipinski definition) is 3. The largest absolute Gasteiger partial charge is 0.465 e. The minimum atomic E-state index is -1.01. The Balaban J connectivity index is 2.12. The van der Waals surface area contributed by atoms with Gasteiger partial charge in [0.15, 0.2) is 5.65 Å². The third-order valence-electron chi connectivity index (χ3n) is 3.02. The summed E-state index contributed by atoms with van der Waals surface area (Å²) in [6, 6.07) is 1.52. The molecule has 1 amide bonds. The maximum Gasteiger partial charge on any atom is 0.413 e. The first-order chi connectivity index (χ1) is 9.06. The minimum Gasteiger partial charge on any atom is -0.465 e. The molecule has 8 heteroatoms. The van der Waals surface area contributed by atoms with Gasteiger partial charge in [-0.15, -0.1) is 0 Å². The van der Waals surface area contributed by atoms with Gasteiger partial charge in [-0.05, 0) is 34.7 Å². The molecule has 1 N–H and O–H groups in total. The molecule has 19 heavy (non-hydrogen) atoms. The van der Waals surface area contributed by atoms with E-state index in [1.54, 1.807) is 6.20 Å². The minimum absolute atomic E-state index is 0.241. The van der Waals surface area contributed by atoms with E-state index < -0.39 is 6.09 Å². The number of amides is 1. The Bertz CT molecular complexity index is 655. The van der Waals surface area contributed by atoms with Crippen LogP contribution in [0.3, 0.4) is 0 Å². The average Bonchev–Trinajstić information content (AvgIpc) is 3.10. The van der Waals surface area contributed by atoms with Gasteiger partial charge in [0.05, 0.1) is 10.7 Å². The van der Waals surface area contributed by atoms with Crippen molar-refractivity contribution in [2.45, 2.75) is 12.8 Å². The number of rotatable bonds is 3. The number of anilines is 1. The molecule has 1 fully saturated rings. The van der Waals surface area contributed by atoms with Crippen LogP contribution in [0.5, 0.6) is 0 Å². The van der Waals surface area contributed by atoms with Crippen molar-refractivity contribution in [3.63, 3.8) is 0 Å². The van der Waals surface area contributed by atoms with E-state index in [0.717, 1.165) is 12.8 Å². The van der Waals surface area contributed by atoms with E-state index in [2.05, 4.69) is 26.0 Å². The molecule has 0 atom stereocenters. The molecule has 3 rings (SSSR count). The van der Waals surface area contributed by atoms with Gasteiger partial charge in [0.1, 0.15) is 11.0 Å². The number of nitrogens with zero attached hydrogens (tertiary/aromatic N) is 4. The van der Waals surface area contributed by atoms with Crippen LogP contribution in [0.2, 0.25) is 5.15 Å². The predicted molar refractivity (Wildman–Crippen MR) is 73.8 cm³/mol. The lowest BCUT2D eigenvalue weighted by molar-refractivity contribution is 0.201.